The van der Waals surface area contributed by atoms with Crippen molar-refractivity contribution in [1.82, 2.24) is 10.6 Å². The summed E-state index contributed by atoms with van der Waals surface area (Å²) >= 11 is 3.35. The Hall–Kier alpha value is -1.14. The minimum atomic E-state index is -0.270. The fraction of sp³-hybridized carbons (Fsp3) is 0.533. The number of halogens is 2. The molecule has 0 aromatic heterocycles. The van der Waals surface area contributed by atoms with Crippen LogP contribution in [-0.4, -0.2) is 38.8 Å². The van der Waals surface area contributed by atoms with Crippen LogP contribution in [-0.2, 0) is 11.2 Å². The molecule has 0 spiro atoms. The van der Waals surface area contributed by atoms with Gasteiger partial charge in [0.25, 0.3) is 0 Å². The molecule has 0 aliphatic heterocycles. The zero-order chi connectivity index (χ0) is 15.9. The maximum Gasteiger partial charge on any atom is 0.191 e. The van der Waals surface area contributed by atoms with E-state index in [2.05, 4.69) is 31.6 Å². The van der Waals surface area contributed by atoms with Crippen molar-refractivity contribution < 1.29 is 9.13 Å². The zero-order valence-electron chi connectivity index (χ0n) is 13.0. The van der Waals surface area contributed by atoms with Crippen LogP contribution in [0.15, 0.2) is 27.7 Å². The Morgan fingerprint density at radius 2 is 2.10 bits per heavy atom. The molecule has 1 aromatic rings. The summed E-state index contributed by atoms with van der Waals surface area (Å²) in [5.74, 6) is 0.485. The fourth-order valence-corrected chi connectivity index (χ4v) is 2.05. The lowest BCUT2D eigenvalue weighted by molar-refractivity contribution is 0.0268. The highest BCUT2D eigenvalue weighted by atomic mass is 79.9. The maximum absolute atomic E-state index is 13.6. The average Bonchev–Trinajstić information content (AvgIpc) is 2.46. The van der Waals surface area contributed by atoms with Crippen LogP contribution in [0.1, 0.15) is 19.4 Å². The molecule has 0 unspecified atom stereocenters. The van der Waals surface area contributed by atoms with Gasteiger partial charge in [-0.15, -0.1) is 0 Å². The van der Waals surface area contributed by atoms with Gasteiger partial charge in [-0.05, 0) is 44.0 Å². The zero-order valence-corrected chi connectivity index (χ0v) is 14.6. The van der Waals surface area contributed by atoms with Crippen molar-refractivity contribution in [2.24, 2.45) is 4.99 Å². The minimum absolute atomic E-state index is 0.191. The first-order chi connectivity index (χ1) is 9.88. The number of methoxy groups -OCH3 is 1. The molecule has 0 atom stereocenters. The van der Waals surface area contributed by atoms with Crippen molar-refractivity contribution >= 4 is 21.9 Å². The van der Waals surface area contributed by atoms with Gasteiger partial charge in [0, 0.05) is 31.7 Å². The van der Waals surface area contributed by atoms with E-state index >= 15 is 0 Å². The van der Waals surface area contributed by atoms with Gasteiger partial charge >= 0.3 is 0 Å². The van der Waals surface area contributed by atoms with Gasteiger partial charge in [-0.25, -0.2) is 4.39 Å². The number of nitrogens with one attached hydrogen (secondary N) is 2. The third kappa shape index (κ3) is 6.44. The second-order valence-electron chi connectivity index (χ2n) is 5.30. The van der Waals surface area contributed by atoms with E-state index in [9.17, 15) is 4.39 Å². The topological polar surface area (TPSA) is 45.7 Å². The van der Waals surface area contributed by atoms with Gasteiger partial charge in [-0.3, -0.25) is 4.99 Å². The van der Waals surface area contributed by atoms with E-state index in [-0.39, 0.29) is 11.4 Å². The van der Waals surface area contributed by atoms with Gasteiger partial charge in [0.2, 0.25) is 0 Å². The first-order valence-corrected chi connectivity index (χ1v) is 7.61. The highest BCUT2D eigenvalue weighted by molar-refractivity contribution is 9.10. The normalized spacial score (nSPS) is 12.4. The molecule has 0 amide bonds. The van der Waals surface area contributed by atoms with Crippen molar-refractivity contribution in [3.8, 4) is 0 Å². The Labute approximate surface area is 134 Å². The molecule has 0 aliphatic carbocycles. The number of nitrogens with zero attached hydrogens (tertiary/aromatic N) is 1. The molecular formula is C15H23BrFN3O. The summed E-state index contributed by atoms with van der Waals surface area (Å²) in [5, 5.41) is 6.35. The third-order valence-corrected chi connectivity index (χ3v) is 3.65. The molecule has 0 saturated heterocycles. The monoisotopic (exact) mass is 359 g/mol. The molecule has 4 nitrogen and oxygen atoms in total. The van der Waals surface area contributed by atoms with E-state index < -0.39 is 0 Å². The molecule has 0 saturated carbocycles. The average molecular weight is 360 g/mol. The van der Waals surface area contributed by atoms with E-state index in [4.69, 9.17) is 4.74 Å². The first kappa shape index (κ1) is 17.9. The van der Waals surface area contributed by atoms with E-state index in [1.165, 1.54) is 6.07 Å². The molecule has 0 radical (unpaired) electrons. The summed E-state index contributed by atoms with van der Waals surface area (Å²) in [4.78, 5) is 4.13. The third-order valence-electron chi connectivity index (χ3n) is 3.15. The van der Waals surface area contributed by atoms with Gasteiger partial charge in [0.15, 0.2) is 5.96 Å². The van der Waals surface area contributed by atoms with E-state index in [1.807, 2.05) is 13.8 Å². The van der Waals surface area contributed by atoms with Crippen LogP contribution in [0.3, 0.4) is 0 Å². The predicted octanol–water partition coefficient (Wildman–Crippen LogP) is 2.72. The summed E-state index contributed by atoms with van der Waals surface area (Å²) in [7, 11) is 3.38. The van der Waals surface area contributed by atoms with Crippen molar-refractivity contribution in [2.75, 3.05) is 27.2 Å². The van der Waals surface area contributed by atoms with Gasteiger partial charge in [-0.2, -0.15) is 0 Å². The maximum atomic E-state index is 13.6. The van der Waals surface area contributed by atoms with Crippen LogP contribution < -0.4 is 10.6 Å². The van der Waals surface area contributed by atoms with E-state index in [0.717, 1.165) is 4.47 Å². The van der Waals surface area contributed by atoms with Gasteiger partial charge in [-0.1, -0.05) is 15.9 Å². The van der Waals surface area contributed by atoms with Crippen molar-refractivity contribution in [1.29, 1.82) is 0 Å². The van der Waals surface area contributed by atoms with Crippen LogP contribution in [0, 0.1) is 5.82 Å². The molecule has 1 rings (SSSR count). The van der Waals surface area contributed by atoms with Crippen LogP contribution >= 0.6 is 15.9 Å². The second-order valence-corrected chi connectivity index (χ2v) is 6.22. The smallest absolute Gasteiger partial charge is 0.191 e. The Kier molecular flexibility index (Phi) is 7.11. The number of benzene rings is 1. The second kappa shape index (κ2) is 8.34. The minimum Gasteiger partial charge on any atom is -0.377 e. The molecule has 21 heavy (non-hydrogen) atoms. The molecule has 6 heteroatoms. The van der Waals surface area contributed by atoms with Crippen molar-refractivity contribution in [3.05, 3.63) is 34.1 Å². The largest absolute Gasteiger partial charge is 0.377 e. The molecule has 0 fully saturated rings. The number of hydrogen-bond acceptors (Lipinski definition) is 2. The molecule has 0 bridgehead atoms. The first-order valence-electron chi connectivity index (χ1n) is 6.81. The molecule has 1 aromatic carbocycles. The number of ether oxygens (including phenoxy) is 1. The number of rotatable bonds is 6. The molecule has 0 heterocycles. The van der Waals surface area contributed by atoms with Crippen LogP contribution in [0.5, 0.6) is 0 Å². The van der Waals surface area contributed by atoms with Crippen molar-refractivity contribution in [3.63, 3.8) is 0 Å². The van der Waals surface area contributed by atoms with Crippen LogP contribution in [0.4, 0.5) is 4.39 Å². The SMILES string of the molecule is CN=C(NCCc1cc(Br)ccc1F)NCC(C)(C)OC. The van der Waals surface area contributed by atoms with Gasteiger partial charge in [0.1, 0.15) is 5.82 Å². The van der Waals surface area contributed by atoms with Crippen LogP contribution in [0.2, 0.25) is 0 Å². The quantitative estimate of drug-likeness (QED) is 0.606. The summed E-state index contributed by atoms with van der Waals surface area (Å²) in [6, 6.07) is 4.95. The highest BCUT2D eigenvalue weighted by Crippen LogP contribution is 2.15. The highest BCUT2D eigenvalue weighted by Gasteiger charge is 2.16. The lowest BCUT2D eigenvalue weighted by Gasteiger charge is -2.24. The fourth-order valence-electron chi connectivity index (χ4n) is 1.64. The van der Waals surface area contributed by atoms with Gasteiger partial charge < -0.3 is 15.4 Å². The van der Waals surface area contributed by atoms with E-state index in [1.54, 1.807) is 26.3 Å². The van der Waals surface area contributed by atoms with Gasteiger partial charge in [0.05, 0.1) is 5.60 Å². The predicted molar refractivity (Wildman–Crippen MR) is 88.3 cm³/mol. The molecular weight excluding hydrogens is 337 g/mol. The van der Waals surface area contributed by atoms with Crippen LogP contribution in [0.25, 0.3) is 0 Å². The summed E-state index contributed by atoms with van der Waals surface area (Å²) in [6.07, 6.45) is 0.583. The Morgan fingerprint density at radius 3 is 2.71 bits per heavy atom. The molecule has 0 aliphatic rings. The summed E-state index contributed by atoms with van der Waals surface area (Å²) < 4.78 is 19.8. The number of aliphatic imine (C=N–C) groups is 1. The molecule has 2 N–H and O–H groups in total. The number of hydrogen-bond donors (Lipinski definition) is 2. The Bertz CT molecular complexity index is 492. The summed E-state index contributed by atoms with van der Waals surface area (Å²) in [6.45, 7) is 5.21. The Balaban J connectivity index is 2.44. The lowest BCUT2D eigenvalue weighted by Crippen LogP contribution is -2.45. The van der Waals surface area contributed by atoms with E-state index in [0.29, 0.717) is 31.0 Å². The van der Waals surface area contributed by atoms with Crippen molar-refractivity contribution in [2.45, 2.75) is 25.9 Å². The number of guanidine groups is 1. The summed E-state index contributed by atoms with van der Waals surface area (Å²) in [5.41, 5.74) is 0.401. The lowest BCUT2D eigenvalue weighted by atomic mass is 10.1. The Morgan fingerprint density at radius 1 is 1.38 bits per heavy atom. The molecule has 118 valence electrons. The standard InChI is InChI=1S/C15H23BrFN3O/c1-15(2,21-4)10-20-14(18-3)19-8-7-11-9-12(16)5-6-13(11)17/h5-6,9H,7-8,10H2,1-4H3,(H2,18,19,20).